The van der Waals surface area contributed by atoms with Crippen LogP contribution in [0.5, 0.6) is 0 Å². The average molecular weight is 442 g/mol. The van der Waals surface area contributed by atoms with Crippen molar-refractivity contribution in [3.8, 4) is 0 Å². The molecular formula is C28H31N3O2. The fraction of sp³-hybridized carbons (Fsp3) is 0.393. The van der Waals surface area contributed by atoms with Crippen LogP contribution in [0.3, 0.4) is 0 Å². The van der Waals surface area contributed by atoms with E-state index in [1.54, 1.807) is 12.3 Å². The lowest BCUT2D eigenvalue weighted by Gasteiger charge is -2.30. The number of amides is 1. The number of aryl methyl sites for hydroxylation is 1. The number of hydrogen-bond acceptors (Lipinski definition) is 3. The molecule has 0 spiro atoms. The zero-order valence-electron chi connectivity index (χ0n) is 19.3. The largest absolute Gasteiger partial charge is 0.343 e. The SMILES string of the molecule is Cc1cc(=O)c(C(=O)N2CCc3ccccc3C2)c(CC2CCCC2)n1Cc1cccnc1. The minimum atomic E-state index is -0.146. The van der Waals surface area contributed by atoms with E-state index >= 15 is 0 Å². The number of carbonyl (C=O) groups is 1. The summed E-state index contributed by atoms with van der Waals surface area (Å²) in [6.07, 6.45) is 10.0. The molecule has 0 radical (unpaired) electrons. The van der Waals surface area contributed by atoms with Crippen LogP contribution in [-0.2, 0) is 25.9 Å². The van der Waals surface area contributed by atoms with E-state index < -0.39 is 0 Å². The van der Waals surface area contributed by atoms with Crippen LogP contribution < -0.4 is 5.43 Å². The van der Waals surface area contributed by atoms with Gasteiger partial charge in [-0.1, -0.05) is 56.0 Å². The predicted octanol–water partition coefficient (Wildman–Crippen LogP) is 4.53. The smallest absolute Gasteiger partial charge is 0.259 e. The lowest BCUT2D eigenvalue weighted by Crippen LogP contribution is -2.40. The highest BCUT2D eigenvalue weighted by atomic mass is 16.2. The van der Waals surface area contributed by atoms with E-state index in [0.29, 0.717) is 31.1 Å². The third-order valence-electron chi connectivity index (χ3n) is 7.28. The van der Waals surface area contributed by atoms with Crippen molar-refractivity contribution in [3.63, 3.8) is 0 Å². The maximum absolute atomic E-state index is 13.8. The van der Waals surface area contributed by atoms with Crippen molar-refractivity contribution in [1.82, 2.24) is 14.5 Å². The zero-order valence-corrected chi connectivity index (χ0v) is 19.3. The number of hydrogen-bond donors (Lipinski definition) is 0. The molecule has 1 aliphatic heterocycles. The molecule has 1 fully saturated rings. The first-order valence-corrected chi connectivity index (χ1v) is 12.1. The van der Waals surface area contributed by atoms with Gasteiger partial charge in [0.05, 0.1) is 0 Å². The second-order valence-electron chi connectivity index (χ2n) is 9.52. The van der Waals surface area contributed by atoms with Crippen LogP contribution in [0.2, 0.25) is 0 Å². The van der Waals surface area contributed by atoms with Crippen molar-refractivity contribution < 1.29 is 4.79 Å². The Labute approximate surface area is 195 Å². The molecule has 170 valence electrons. The second-order valence-corrected chi connectivity index (χ2v) is 9.52. The van der Waals surface area contributed by atoms with Crippen molar-refractivity contribution in [3.05, 3.63) is 98.7 Å². The lowest BCUT2D eigenvalue weighted by atomic mass is 9.95. The number of nitrogens with zero attached hydrogens (tertiary/aromatic N) is 3. The van der Waals surface area contributed by atoms with Crippen LogP contribution in [0.4, 0.5) is 0 Å². The van der Waals surface area contributed by atoms with Gasteiger partial charge in [-0.15, -0.1) is 0 Å². The van der Waals surface area contributed by atoms with Gasteiger partial charge in [0, 0.05) is 49.5 Å². The highest BCUT2D eigenvalue weighted by Gasteiger charge is 2.29. The molecule has 3 heterocycles. The van der Waals surface area contributed by atoms with E-state index in [-0.39, 0.29) is 11.3 Å². The number of benzene rings is 1. The van der Waals surface area contributed by atoms with Crippen LogP contribution in [-0.4, -0.2) is 26.9 Å². The quantitative estimate of drug-likeness (QED) is 0.585. The van der Waals surface area contributed by atoms with E-state index in [1.807, 2.05) is 42.3 Å². The molecule has 0 unspecified atom stereocenters. The number of rotatable bonds is 5. The standard InChI is InChI=1S/C28H31N3O2/c1-20-15-26(32)27(28(33)30-14-12-23-10-4-5-11-24(23)19-30)25(16-21-7-2-3-8-21)31(20)18-22-9-6-13-29-17-22/h4-6,9-11,13,15,17,21H,2-3,7-8,12,14,16,18-19H2,1H3. The predicted molar refractivity (Wildman–Crippen MR) is 129 cm³/mol. The number of pyridine rings is 2. The molecule has 2 aliphatic rings. The molecule has 5 nitrogen and oxygen atoms in total. The Kier molecular flexibility index (Phi) is 6.12. The Morgan fingerprint density at radius 2 is 1.88 bits per heavy atom. The average Bonchev–Trinajstić information content (AvgIpc) is 3.35. The molecule has 2 aromatic heterocycles. The fourth-order valence-corrected chi connectivity index (χ4v) is 5.48. The molecule has 1 saturated carbocycles. The van der Waals surface area contributed by atoms with Crippen molar-refractivity contribution in [2.45, 2.75) is 58.5 Å². The maximum Gasteiger partial charge on any atom is 0.259 e. The molecule has 33 heavy (non-hydrogen) atoms. The summed E-state index contributed by atoms with van der Waals surface area (Å²) >= 11 is 0. The molecule has 5 heteroatoms. The highest BCUT2D eigenvalue weighted by molar-refractivity contribution is 5.95. The molecule has 1 amide bonds. The van der Waals surface area contributed by atoms with Crippen LogP contribution in [0.15, 0.2) is 59.7 Å². The Morgan fingerprint density at radius 3 is 2.64 bits per heavy atom. The Balaban J connectivity index is 1.56. The summed E-state index contributed by atoms with van der Waals surface area (Å²) in [6, 6.07) is 13.9. The van der Waals surface area contributed by atoms with Gasteiger partial charge in [-0.2, -0.15) is 0 Å². The monoisotopic (exact) mass is 441 g/mol. The minimum absolute atomic E-state index is 0.123. The molecule has 0 atom stereocenters. The maximum atomic E-state index is 13.8. The Bertz CT molecular complexity index is 1210. The van der Waals surface area contributed by atoms with Gasteiger partial charge in [0.1, 0.15) is 5.56 Å². The molecule has 1 aliphatic carbocycles. The molecule has 0 N–H and O–H groups in total. The topological polar surface area (TPSA) is 55.2 Å². The van der Waals surface area contributed by atoms with E-state index in [0.717, 1.165) is 29.8 Å². The van der Waals surface area contributed by atoms with Gasteiger partial charge in [-0.05, 0) is 48.4 Å². The van der Waals surface area contributed by atoms with Crippen LogP contribution >= 0.6 is 0 Å². The van der Waals surface area contributed by atoms with E-state index in [2.05, 4.69) is 21.7 Å². The van der Waals surface area contributed by atoms with Gasteiger partial charge in [0.2, 0.25) is 0 Å². The first kappa shape index (κ1) is 21.6. The highest BCUT2D eigenvalue weighted by Crippen LogP contribution is 2.30. The minimum Gasteiger partial charge on any atom is -0.343 e. The molecule has 3 aromatic rings. The van der Waals surface area contributed by atoms with E-state index in [4.69, 9.17) is 0 Å². The molecule has 0 bridgehead atoms. The van der Waals surface area contributed by atoms with Crippen molar-refractivity contribution in [2.75, 3.05) is 6.54 Å². The van der Waals surface area contributed by atoms with Crippen molar-refractivity contribution >= 4 is 5.91 Å². The van der Waals surface area contributed by atoms with E-state index in [9.17, 15) is 9.59 Å². The Hall–Kier alpha value is -3.21. The number of fused-ring (bicyclic) bond motifs is 1. The molecular weight excluding hydrogens is 410 g/mol. The van der Waals surface area contributed by atoms with Crippen molar-refractivity contribution in [2.24, 2.45) is 5.92 Å². The third kappa shape index (κ3) is 4.50. The van der Waals surface area contributed by atoms with Gasteiger partial charge >= 0.3 is 0 Å². The summed E-state index contributed by atoms with van der Waals surface area (Å²) in [7, 11) is 0. The summed E-state index contributed by atoms with van der Waals surface area (Å²) < 4.78 is 2.18. The van der Waals surface area contributed by atoms with E-state index in [1.165, 1.54) is 36.8 Å². The Morgan fingerprint density at radius 1 is 1.09 bits per heavy atom. The van der Waals surface area contributed by atoms with Crippen molar-refractivity contribution in [1.29, 1.82) is 0 Å². The number of aromatic nitrogens is 2. The second kappa shape index (κ2) is 9.34. The van der Waals surface area contributed by atoms with Gasteiger partial charge < -0.3 is 9.47 Å². The van der Waals surface area contributed by atoms with Crippen LogP contribution in [0, 0.1) is 12.8 Å². The summed E-state index contributed by atoms with van der Waals surface area (Å²) in [5.41, 5.74) is 5.57. The summed E-state index contributed by atoms with van der Waals surface area (Å²) in [4.78, 5) is 33.3. The van der Waals surface area contributed by atoms with Gasteiger partial charge in [0.15, 0.2) is 5.43 Å². The summed E-state index contributed by atoms with van der Waals surface area (Å²) in [5, 5.41) is 0. The van der Waals surface area contributed by atoms with Crippen LogP contribution in [0.25, 0.3) is 0 Å². The van der Waals surface area contributed by atoms with Gasteiger partial charge in [0.25, 0.3) is 5.91 Å². The third-order valence-corrected chi connectivity index (χ3v) is 7.28. The van der Waals surface area contributed by atoms with Crippen LogP contribution in [0.1, 0.15) is 64.1 Å². The van der Waals surface area contributed by atoms with Gasteiger partial charge in [-0.25, -0.2) is 0 Å². The molecule has 5 rings (SSSR count). The summed E-state index contributed by atoms with van der Waals surface area (Å²) in [6.45, 7) is 3.80. The summed E-state index contributed by atoms with van der Waals surface area (Å²) in [5.74, 6) is 0.405. The first-order valence-electron chi connectivity index (χ1n) is 12.1. The van der Waals surface area contributed by atoms with Gasteiger partial charge in [-0.3, -0.25) is 14.6 Å². The fourth-order valence-electron chi connectivity index (χ4n) is 5.48. The lowest BCUT2D eigenvalue weighted by molar-refractivity contribution is 0.0730. The molecule has 0 saturated heterocycles. The molecule has 1 aromatic carbocycles. The first-order chi connectivity index (χ1) is 16.1. The number of carbonyl (C=O) groups excluding carboxylic acids is 1. The zero-order chi connectivity index (χ0) is 22.8. The normalized spacial score (nSPS) is 16.1.